The molecule has 0 unspecified atom stereocenters. The van der Waals surface area contributed by atoms with E-state index in [1.54, 1.807) is 12.2 Å². The maximum Gasteiger partial charge on any atom is 0.181 e. The van der Waals surface area contributed by atoms with Gasteiger partial charge in [0.05, 0.1) is 12.6 Å². The predicted octanol–water partition coefficient (Wildman–Crippen LogP) is 1.54. The lowest BCUT2D eigenvalue weighted by molar-refractivity contribution is -0.122. The number of Topliss-reactive ketones (excluding diaryl/α,β-unsaturated/α-hetero) is 1. The van der Waals surface area contributed by atoms with Crippen molar-refractivity contribution in [2.45, 2.75) is 56.8 Å². The number of fused-ring (bicyclic) bond motifs is 4. The predicted molar refractivity (Wildman–Crippen MR) is 95.1 cm³/mol. The van der Waals surface area contributed by atoms with Gasteiger partial charge in [0.1, 0.15) is 5.60 Å². The molecule has 3 saturated carbocycles. The molecule has 5 rings (SSSR count). The molecule has 1 spiro atoms. The Morgan fingerprint density at radius 1 is 1.46 bits per heavy atom. The highest BCUT2D eigenvalue weighted by Gasteiger charge is 2.83. The maximum atomic E-state index is 12.5. The van der Waals surface area contributed by atoms with Crippen molar-refractivity contribution in [1.29, 1.82) is 0 Å². The van der Waals surface area contributed by atoms with Crippen LogP contribution in [0.2, 0.25) is 0 Å². The van der Waals surface area contributed by atoms with E-state index in [-0.39, 0.29) is 35.4 Å². The standard InChI is InChI=1S/C21H27NO4/c1-11-7-13-14-4-6-20(17(25)10-22)21(14,26-20)9-16(24)18(13)19(2)5-3-12(23)8-15(11)19/h3,5,8,11,13-14,16,18,24H,4,6-7,9-10,22H2,1-2H3/t11-,13-,14-,16-,18+,19-,20-,21+/m0/s1. The summed E-state index contributed by atoms with van der Waals surface area (Å²) in [6, 6.07) is 0. The fourth-order valence-corrected chi connectivity index (χ4v) is 7.38. The van der Waals surface area contributed by atoms with E-state index in [1.165, 1.54) is 0 Å². The lowest BCUT2D eigenvalue weighted by Crippen LogP contribution is -2.57. The molecule has 0 bridgehead atoms. The number of nitrogens with two attached hydrogens (primary N) is 1. The van der Waals surface area contributed by atoms with Gasteiger partial charge in [0, 0.05) is 17.8 Å². The van der Waals surface area contributed by atoms with Crippen molar-refractivity contribution >= 4 is 11.6 Å². The molecule has 1 aliphatic heterocycles. The van der Waals surface area contributed by atoms with E-state index in [4.69, 9.17) is 10.5 Å². The van der Waals surface area contributed by atoms with E-state index in [1.807, 2.05) is 6.08 Å². The van der Waals surface area contributed by atoms with Gasteiger partial charge in [0.2, 0.25) is 0 Å². The zero-order chi connectivity index (χ0) is 18.5. The highest BCUT2D eigenvalue weighted by atomic mass is 16.6. The Labute approximate surface area is 153 Å². The molecule has 0 amide bonds. The van der Waals surface area contributed by atoms with Crippen molar-refractivity contribution in [2.75, 3.05) is 6.54 Å². The molecule has 4 fully saturated rings. The summed E-state index contributed by atoms with van der Waals surface area (Å²) in [7, 11) is 0. The van der Waals surface area contributed by atoms with Crippen molar-refractivity contribution in [3.63, 3.8) is 0 Å². The van der Waals surface area contributed by atoms with Gasteiger partial charge in [0.25, 0.3) is 0 Å². The normalized spacial score (nSPS) is 53.9. The first-order valence-corrected chi connectivity index (χ1v) is 9.86. The van der Waals surface area contributed by atoms with Gasteiger partial charge in [-0.15, -0.1) is 0 Å². The van der Waals surface area contributed by atoms with E-state index >= 15 is 0 Å². The molecule has 26 heavy (non-hydrogen) atoms. The highest BCUT2D eigenvalue weighted by molar-refractivity contribution is 6.01. The van der Waals surface area contributed by atoms with Crippen LogP contribution in [0.3, 0.4) is 0 Å². The van der Waals surface area contributed by atoms with Crippen molar-refractivity contribution < 1.29 is 19.4 Å². The van der Waals surface area contributed by atoms with Crippen molar-refractivity contribution in [2.24, 2.45) is 34.8 Å². The van der Waals surface area contributed by atoms with Gasteiger partial charge < -0.3 is 15.6 Å². The van der Waals surface area contributed by atoms with Gasteiger partial charge in [-0.1, -0.05) is 25.5 Å². The molecule has 5 nitrogen and oxygen atoms in total. The SMILES string of the molecule is C[C@H]1C[C@@H]2[C@H]([C@@H](O)C[C@]34O[C@]3(C(=O)CN)CC[C@@H]24)[C@@]2(C)C=CC(=O)C=C12. The van der Waals surface area contributed by atoms with E-state index in [2.05, 4.69) is 13.8 Å². The molecular formula is C21H27NO4. The minimum Gasteiger partial charge on any atom is -0.393 e. The van der Waals surface area contributed by atoms with Crippen LogP contribution in [-0.2, 0) is 14.3 Å². The quantitative estimate of drug-likeness (QED) is 0.731. The second-order valence-electron chi connectivity index (χ2n) is 9.31. The molecule has 8 atom stereocenters. The molecule has 0 radical (unpaired) electrons. The highest BCUT2D eigenvalue weighted by Crippen LogP contribution is 2.73. The van der Waals surface area contributed by atoms with E-state index in [0.717, 1.165) is 24.8 Å². The van der Waals surface area contributed by atoms with Crippen LogP contribution in [0.4, 0.5) is 0 Å². The summed E-state index contributed by atoms with van der Waals surface area (Å²) < 4.78 is 6.15. The number of aliphatic hydroxyl groups excluding tert-OH is 1. The molecule has 0 aromatic rings. The second-order valence-corrected chi connectivity index (χ2v) is 9.31. The number of hydrogen-bond donors (Lipinski definition) is 2. The number of rotatable bonds is 2. The van der Waals surface area contributed by atoms with Crippen LogP contribution in [0.5, 0.6) is 0 Å². The van der Waals surface area contributed by atoms with Crippen LogP contribution < -0.4 is 5.73 Å². The van der Waals surface area contributed by atoms with Crippen LogP contribution in [0, 0.1) is 29.1 Å². The largest absolute Gasteiger partial charge is 0.393 e. The molecule has 1 heterocycles. The fraction of sp³-hybridized carbons (Fsp3) is 0.714. The number of epoxide rings is 1. The Hall–Kier alpha value is -1.30. The third kappa shape index (κ3) is 1.73. The van der Waals surface area contributed by atoms with Crippen molar-refractivity contribution in [3.05, 3.63) is 23.8 Å². The monoisotopic (exact) mass is 357 g/mol. The number of carbonyl (C=O) groups excluding carboxylic acids is 2. The Morgan fingerprint density at radius 2 is 2.23 bits per heavy atom. The van der Waals surface area contributed by atoms with Gasteiger partial charge in [-0.2, -0.15) is 0 Å². The molecular weight excluding hydrogens is 330 g/mol. The summed E-state index contributed by atoms with van der Waals surface area (Å²) in [4.78, 5) is 24.4. The van der Waals surface area contributed by atoms with Crippen molar-refractivity contribution in [1.82, 2.24) is 0 Å². The Kier molecular flexibility index (Phi) is 3.20. The minimum atomic E-state index is -0.739. The van der Waals surface area contributed by atoms with Crippen LogP contribution in [0.1, 0.15) is 39.5 Å². The number of hydrogen-bond acceptors (Lipinski definition) is 5. The molecule has 5 aliphatic rings. The molecule has 140 valence electrons. The van der Waals surface area contributed by atoms with E-state index in [0.29, 0.717) is 18.3 Å². The molecule has 3 N–H and O–H groups in total. The Bertz CT molecular complexity index is 772. The Balaban J connectivity index is 1.56. The number of ketones is 2. The topological polar surface area (TPSA) is 92.9 Å². The summed E-state index contributed by atoms with van der Waals surface area (Å²) >= 11 is 0. The average Bonchev–Trinajstić information content (AvgIpc) is 3.12. The molecule has 1 saturated heterocycles. The van der Waals surface area contributed by atoms with Gasteiger partial charge >= 0.3 is 0 Å². The smallest absolute Gasteiger partial charge is 0.181 e. The summed E-state index contributed by atoms with van der Waals surface area (Å²) in [6.07, 6.45) is 8.04. The first-order chi connectivity index (χ1) is 12.3. The fourth-order valence-electron chi connectivity index (χ4n) is 7.38. The molecule has 0 aromatic heterocycles. The summed E-state index contributed by atoms with van der Waals surface area (Å²) in [6.45, 7) is 4.35. The van der Waals surface area contributed by atoms with Crippen LogP contribution in [0.15, 0.2) is 23.8 Å². The van der Waals surface area contributed by atoms with Crippen LogP contribution >= 0.6 is 0 Å². The Morgan fingerprint density at radius 3 is 2.96 bits per heavy atom. The summed E-state index contributed by atoms with van der Waals surface area (Å²) in [5.41, 5.74) is 5.26. The summed E-state index contributed by atoms with van der Waals surface area (Å²) in [5.74, 6) is 0.976. The minimum absolute atomic E-state index is 0.00448. The van der Waals surface area contributed by atoms with Crippen molar-refractivity contribution in [3.8, 4) is 0 Å². The third-order valence-electron chi connectivity index (χ3n) is 8.31. The zero-order valence-corrected chi connectivity index (χ0v) is 15.4. The second kappa shape index (κ2) is 4.94. The molecule has 4 aliphatic carbocycles. The number of allylic oxidation sites excluding steroid dienone is 4. The van der Waals surface area contributed by atoms with Gasteiger partial charge in [-0.25, -0.2) is 0 Å². The van der Waals surface area contributed by atoms with Crippen LogP contribution in [-0.4, -0.2) is 40.5 Å². The van der Waals surface area contributed by atoms with E-state index < -0.39 is 17.3 Å². The number of carbonyl (C=O) groups is 2. The first-order valence-electron chi connectivity index (χ1n) is 9.86. The number of ether oxygens (including phenoxy) is 1. The van der Waals surface area contributed by atoms with Crippen LogP contribution in [0.25, 0.3) is 0 Å². The number of aliphatic hydroxyl groups is 1. The average molecular weight is 357 g/mol. The zero-order valence-electron chi connectivity index (χ0n) is 15.4. The molecule has 0 aromatic carbocycles. The van der Waals surface area contributed by atoms with E-state index in [9.17, 15) is 14.7 Å². The lowest BCUT2D eigenvalue weighted by Gasteiger charge is -2.57. The van der Waals surface area contributed by atoms with Gasteiger partial charge in [-0.3, -0.25) is 9.59 Å². The maximum absolute atomic E-state index is 12.5. The lowest BCUT2D eigenvalue weighted by atomic mass is 9.48. The summed E-state index contributed by atoms with van der Waals surface area (Å²) in [5, 5.41) is 11.2. The van der Waals surface area contributed by atoms with Gasteiger partial charge in [-0.05, 0) is 49.2 Å². The first kappa shape index (κ1) is 16.8. The van der Waals surface area contributed by atoms with Gasteiger partial charge in [0.15, 0.2) is 17.2 Å². The molecule has 5 heteroatoms. The third-order valence-corrected chi connectivity index (χ3v) is 8.31.